The molecule has 0 unspecified atom stereocenters. The number of hydrogen-bond donors (Lipinski definition) is 0. The summed E-state index contributed by atoms with van der Waals surface area (Å²) < 4.78 is 5.79. The zero-order valence-electron chi connectivity index (χ0n) is 14.8. The Balaban J connectivity index is 1.35. The molecule has 1 aliphatic carbocycles. The maximum Gasteiger partial charge on any atom is 0.225 e. The van der Waals surface area contributed by atoms with Gasteiger partial charge >= 0.3 is 0 Å². The standard InChI is InChI=1S/C20H27N3O2/c21-10-9-17-5-7-19(8-6-17)25-16-15-22-11-13-23(14-12-22)20(24)18-3-1-2-4-18/h5-8,18H,1-4,9,11-16H2. The fraction of sp³-hybridized carbons (Fsp3) is 0.600. The van der Waals surface area contributed by atoms with Crippen molar-refractivity contribution in [2.24, 2.45) is 5.92 Å². The minimum Gasteiger partial charge on any atom is -0.492 e. The lowest BCUT2D eigenvalue weighted by Gasteiger charge is -2.35. The van der Waals surface area contributed by atoms with Crippen LogP contribution >= 0.6 is 0 Å². The summed E-state index contributed by atoms with van der Waals surface area (Å²) in [6, 6.07) is 9.86. The SMILES string of the molecule is N#CCc1ccc(OCCN2CCN(C(=O)C3CCCC3)CC2)cc1. The van der Waals surface area contributed by atoms with Gasteiger partial charge in [-0.05, 0) is 30.5 Å². The van der Waals surface area contributed by atoms with Crippen molar-refractivity contribution in [3.63, 3.8) is 0 Å². The van der Waals surface area contributed by atoms with Gasteiger partial charge in [0.25, 0.3) is 0 Å². The summed E-state index contributed by atoms with van der Waals surface area (Å²) >= 11 is 0. The quantitative estimate of drug-likeness (QED) is 0.797. The Morgan fingerprint density at radius 3 is 2.44 bits per heavy atom. The van der Waals surface area contributed by atoms with Crippen LogP contribution in [0.1, 0.15) is 31.2 Å². The second kappa shape index (κ2) is 8.87. The molecule has 5 nitrogen and oxygen atoms in total. The van der Waals surface area contributed by atoms with E-state index in [9.17, 15) is 4.79 Å². The first-order valence-electron chi connectivity index (χ1n) is 9.36. The van der Waals surface area contributed by atoms with E-state index in [0.29, 0.717) is 24.9 Å². The number of hydrogen-bond acceptors (Lipinski definition) is 4. The van der Waals surface area contributed by atoms with Gasteiger partial charge in [0.2, 0.25) is 5.91 Å². The van der Waals surface area contributed by atoms with Crippen molar-refractivity contribution < 1.29 is 9.53 Å². The zero-order chi connectivity index (χ0) is 17.5. The van der Waals surface area contributed by atoms with Crippen molar-refractivity contribution in [2.45, 2.75) is 32.1 Å². The summed E-state index contributed by atoms with van der Waals surface area (Å²) in [7, 11) is 0. The highest BCUT2D eigenvalue weighted by Gasteiger charge is 2.29. The third-order valence-corrected chi connectivity index (χ3v) is 5.27. The van der Waals surface area contributed by atoms with Crippen molar-refractivity contribution in [1.29, 1.82) is 5.26 Å². The second-order valence-corrected chi connectivity index (χ2v) is 6.98. The third kappa shape index (κ3) is 4.96. The molecule has 1 aliphatic heterocycles. The maximum atomic E-state index is 12.4. The minimum absolute atomic E-state index is 0.291. The molecule has 5 heteroatoms. The summed E-state index contributed by atoms with van der Waals surface area (Å²) in [6.07, 6.45) is 5.03. The maximum absolute atomic E-state index is 12.4. The van der Waals surface area contributed by atoms with E-state index in [4.69, 9.17) is 10.00 Å². The van der Waals surface area contributed by atoms with E-state index < -0.39 is 0 Å². The zero-order valence-corrected chi connectivity index (χ0v) is 14.8. The second-order valence-electron chi connectivity index (χ2n) is 6.98. The van der Waals surface area contributed by atoms with Crippen LogP contribution < -0.4 is 4.74 Å². The third-order valence-electron chi connectivity index (χ3n) is 5.27. The Morgan fingerprint density at radius 2 is 1.80 bits per heavy atom. The normalized spacial score (nSPS) is 18.9. The predicted octanol–water partition coefficient (Wildman–Crippen LogP) is 2.47. The number of benzene rings is 1. The van der Waals surface area contributed by atoms with Gasteiger partial charge in [-0.1, -0.05) is 25.0 Å². The summed E-state index contributed by atoms with van der Waals surface area (Å²) in [6.45, 7) is 5.09. The molecule has 0 N–H and O–H groups in total. The fourth-order valence-corrected chi connectivity index (χ4v) is 3.71. The first-order chi connectivity index (χ1) is 12.3. The molecule has 3 rings (SSSR count). The van der Waals surface area contributed by atoms with E-state index in [1.807, 2.05) is 24.3 Å². The van der Waals surface area contributed by atoms with E-state index in [1.54, 1.807) is 0 Å². The molecule has 0 spiro atoms. The Bertz CT molecular complexity index is 594. The van der Waals surface area contributed by atoms with Crippen LogP contribution in [-0.2, 0) is 11.2 Å². The first-order valence-corrected chi connectivity index (χ1v) is 9.36. The number of nitriles is 1. The minimum atomic E-state index is 0.291. The molecule has 0 bridgehead atoms. The highest BCUT2D eigenvalue weighted by molar-refractivity contribution is 5.79. The molecule has 1 aromatic rings. The van der Waals surface area contributed by atoms with Gasteiger partial charge in [-0.15, -0.1) is 0 Å². The van der Waals surface area contributed by atoms with E-state index in [0.717, 1.165) is 56.9 Å². The monoisotopic (exact) mass is 341 g/mol. The van der Waals surface area contributed by atoms with Gasteiger partial charge in [0.15, 0.2) is 0 Å². The van der Waals surface area contributed by atoms with Crippen molar-refractivity contribution >= 4 is 5.91 Å². The highest BCUT2D eigenvalue weighted by atomic mass is 16.5. The number of amides is 1. The van der Waals surface area contributed by atoms with Gasteiger partial charge in [0.05, 0.1) is 12.5 Å². The predicted molar refractivity (Wildman–Crippen MR) is 96.2 cm³/mol. The summed E-state index contributed by atoms with van der Waals surface area (Å²) in [5.41, 5.74) is 1.01. The van der Waals surface area contributed by atoms with Crippen LogP contribution in [0.4, 0.5) is 0 Å². The van der Waals surface area contributed by atoms with Gasteiger partial charge in [-0.3, -0.25) is 9.69 Å². The lowest BCUT2D eigenvalue weighted by atomic mass is 10.1. The molecule has 0 aromatic heterocycles. The van der Waals surface area contributed by atoms with Crippen molar-refractivity contribution in [1.82, 2.24) is 9.80 Å². The molecule has 2 aliphatic rings. The lowest BCUT2D eigenvalue weighted by Crippen LogP contribution is -2.50. The lowest BCUT2D eigenvalue weighted by molar-refractivity contribution is -0.137. The van der Waals surface area contributed by atoms with E-state index in [-0.39, 0.29) is 0 Å². The van der Waals surface area contributed by atoms with E-state index in [1.165, 1.54) is 12.8 Å². The van der Waals surface area contributed by atoms with Crippen LogP contribution in [0.25, 0.3) is 0 Å². The number of piperazine rings is 1. The van der Waals surface area contributed by atoms with E-state index >= 15 is 0 Å². The number of carbonyl (C=O) groups is 1. The van der Waals surface area contributed by atoms with Gasteiger partial charge in [0.1, 0.15) is 12.4 Å². The molecule has 0 atom stereocenters. The first kappa shape index (κ1) is 17.8. The average Bonchev–Trinajstić information content (AvgIpc) is 3.18. The Hall–Kier alpha value is -2.06. The van der Waals surface area contributed by atoms with Crippen LogP contribution in [0, 0.1) is 17.2 Å². The fourth-order valence-electron chi connectivity index (χ4n) is 3.71. The largest absolute Gasteiger partial charge is 0.492 e. The molecule has 134 valence electrons. The van der Waals surface area contributed by atoms with E-state index in [2.05, 4.69) is 15.9 Å². The molecule has 2 fully saturated rings. The summed E-state index contributed by atoms with van der Waals surface area (Å²) in [4.78, 5) is 16.9. The van der Waals surface area contributed by atoms with Crippen LogP contribution in [0.3, 0.4) is 0 Å². The molecule has 1 amide bonds. The molecule has 1 heterocycles. The van der Waals surface area contributed by atoms with Crippen LogP contribution in [-0.4, -0.2) is 55.0 Å². The number of carbonyl (C=O) groups excluding carboxylic acids is 1. The van der Waals surface area contributed by atoms with Gasteiger partial charge < -0.3 is 9.64 Å². The van der Waals surface area contributed by atoms with Gasteiger partial charge in [0, 0.05) is 38.6 Å². The Morgan fingerprint density at radius 1 is 1.12 bits per heavy atom. The molecule has 25 heavy (non-hydrogen) atoms. The molecular weight excluding hydrogens is 314 g/mol. The number of ether oxygens (including phenoxy) is 1. The number of rotatable bonds is 6. The molecular formula is C20H27N3O2. The van der Waals surface area contributed by atoms with Crippen molar-refractivity contribution in [3.05, 3.63) is 29.8 Å². The van der Waals surface area contributed by atoms with Gasteiger partial charge in [-0.25, -0.2) is 0 Å². The smallest absolute Gasteiger partial charge is 0.225 e. The molecule has 1 saturated carbocycles. The van der Waals surface area contributed by atoms with Crippen molar-refractivity contribution in [2.75, 3.05) is 39.3 Å². The number of nitrogens with zero attached hydrogens (tertiary/aromatic N) is 3. The summed E-state index contributed by atoms with van der Waals surface area (Å²) in [5.74, 6) is 1.52. The molecule has 1 aromatic carbocycles. The topological polar surface area (TPSA) is 56.6 Å². The Labute approximate surface area is 150 Å². The molecule has 1 saturated heterocycles. The van der Waals surface area contributed by atoms with Crippen molar-refractivity contribution in [3.8, 4) is 11.8 Å². The summed E-state index contributed by atoms with van der Waals surface area (Å²) in [5, 5.41) is 8.68. The Kier molecular flexibility index (Phi) is 6.30. The molecule has 0 radical (unpaired) electrons. The highest BCUT2D eigenvalue weighted by Crippen LogP contribution is 2.26. The van der Waals surface area contributed by atoms with Crippen LogP contribution in [0.5, 0.6) is 5.75 Å². The van der Waals surface area contributed by atoms with Gasteiger partial charge in [-0.2, -0.15) is 5.26 Å². The van der Waals surface area contributed by atoms with Crippen LogP contribution in [0.2, 0.25) is 0 Å². The van der Waals surface area contributed by atoms with Crippen LogP contribution in [0.15, 0.2) is 24.3 Å². The average molecular weight is 341 g/mol.